The number of hydrogen-bond acceptors (Lipinski definition) is 3. The first-order chi connectivity index (χ1) is 17.3. The van der Waals surface area contributed by atoms with Crippen LogP contribution in [0, 0.1) is 6.92 Å². The van der Waals surface area contributed by atoms with Crippen LogP contribution in [0.1, 0.15) is 61.5 Å². The predicted octanol–water partition coefficient (Wildman–Crippen LogP) is 5.22. The number of hydrogen-bond donors (Lipinski definition) is 1. The minimum atomic E-state index is -0.550. The third-order valence-electron chi connectivity index (χ3n) is 6.84. The second-order valence-electron chi connectivity index (χ2n) is 9.78. The van der Waals surface area contributed by atoms with Crippen LogP contribution in [0.15, 0.2) is 60.7 Å². The molecule has 1 N–H and O–H groups in total. The van der Waals surface area contributed by atoms with Crippen molar-refractivity contribution >= 4 is 34.2 Å². The standard InChI is InChI=1S/C30H35N3O3/c1-5-25(29(35)31-20(2)3)33(19-23-12-7-6-11-21(23)4)27(34)17-10-18-32-26-16-9-14-22-13-8-15-24(28(22)26)30(32)36/h6-9,11-16,20,25H,5,10,17-19H2,1-4H3,(H,31,35). The minimum absolute atomic E-state index is 0.00696. The van der Waals surface area contributed by atoms with Crippen LogP contribution < -0.4 is 10.2 Å². The number of rotatable bonds is 10. The first kappa shape index (κ1) is 25.4. The monoisotopic (exact) mass is 485 g/mol. The lowest BCUT2D eigenvalue weighted by Crippen LogP contribution is -2.50. The third kappa shape index (κ3) is 5.13. The van der Waals surface area contributed by atoms with Crippen molar-refractivity contribution in [1.29, 1.82) is 0 Å². The summed E-state index contributed by atoms with van der Waals surface area (Å²) in [5.41, 5.74) is 3.73. The first-order valence-electron chi connectivity index (χ1n) is 12.8. The summed E-state index contributed by atoms with van der Waals surface area (Å²) in [6.45, 7) is 8.62. The number of nitrogens with zero attached hydrogens (tertiary/aromatic N) is 2. The number of carbonyl (C=O) groups is 3. The molecule has 188 valence electrons. The molecule has 0 saturated heterocycles. The first-order valence-corrected chi connectivity index (χ1v) is 12.8. The van der Waals surface area contributed by atoms with Crippen LogP contribution in [0.2, 0.25) is 0 Å². The fourth-order valence-electron chi connectivity index (χ4n) is 5.00. The second-order valence-corrected chi connectivity index (χ2v) is 9.78. The van der Waals surface area contributed by atoms with E-state index in [-0.39, 0.29) is 30.2 Å². The maximum absolute atomic E-state index is 13.6. The van der Waals surface area contributed by atoms with E-state index in [9.17, 15) is 14.4 Å². The predicted molar refractivity (Wildman–Crippen MR) is 144 cm³/mol. The maximum atomic E-state index is 13.6. The SMILES string of the molecule is CCC(C(=O)NC(C)C)N(Cc1ccccc1C)C(=O)CCCN1C(=O)c2cccc3cccc1c23. The van der Waals surface area contributed by atoms with E-state index in [4.69, 9.17) is 0 Å². The van der Waals surface area contributed by atoms with E-state index in [1.165, 1.54) is 0 Å². The lowest BCUT2D eigenvalue weighted by molar-refractivity contribution is -0.141. The number of carbonyl (C=O) groups excluding carboxylic acids is 3. The fraction of sp³-hybridized carbons (Fsp3) is 0.367. The van der Waals surface area contributed by atoms with Gasteiger partial charge in [-0.2, -0.15) is 0 Å². The van der Waals surface area contributed by atoms with Crippen LogP contribution in [0.3, 0.4) is 0 Å². The quantitative estimate of drug-likeness (QED) is 0.428. The van der Waals surface area contributed by atoms with Gasteiger partial charge < -0.3 is 15.1 Å². The molecule has 6 heteroatoms. The Kier molecular flexibility index (Phi) is 7.73. The molecule has 0 aliphatic carbocycles. The number of benzene rings is 3. The molecule has 6 nitrogen and oxygen atoms in total. The average molecular weight is 486 g/mol. The lowest BCUT2D eigenvalue weighted by Gasteiger charge is -2.32. The van der Waals surface area contributed by atoms with Crippen molar-refractivity contribution < 1.29 is 14.4 Å². The summed E-state index contributed by atoms with van der Waals surface area (Å²) in [6, 6.07) is 19.1. The zero-order valence-electron chi connectivity index (χ0n) is 21.6. The van der Waals surface area contributed by atoms with E-state index in [2.05, 4.69) is 5.32 Å². The molecule has 1 unspecified atom stereocenters. The Bertz CT molecular complexity index is 1280. The molecule has 1 heterocycles. The molecule has 0 fully saturated rings. The summed E-state index contributed by atoms with van der Waals surface area (Å²) in [4.78, 5) is 43.1. The van der Waals surface area contributed by atoms with Gasteiger partial charge in [0.2, 0.25) is 11.8 Å². The van der Waals surface area contributed by atoms with Crippen LogP contribution in [0.4, 0.5) is 5.69 Å². The van der Waals surface area contributed by atoms with Crippen LogP contribution in [0.25, 0.3) is 10.8 Å². The normalized spacial score (nSPS) is 13.4. The highest BCUT2D eigenvalue weighted by atomic mass is 16.2. The Hall–Kier alpha value is -3.67. The van der Waals surface area contributed by atoms with E-state index in [0.29, 0.717) is 31.5 Å². The van der Waals surface area contributed by atoms with Gasteiger partial charge in [0.25, 0.3) is 5.91 Å². The van der Waals surface area contributed by atoms with Gasteiger partial charge >= 0.3 is 0 Å². The van der Waals surface area contributed by atoms with Crippen LogP contribution >= 0.6 is 0 Å². The zero-order valence-corrected chi connectivity index (χ0v) is 21.6. The molecule has 0 aromatic heterocycles. The smallest absolute Gasteiger partial charge is 0.258 e. The largest absolute Gasteiger partial charge is 0.352 e. The zero-order chi connectivity index (χ0) is 25.8. The van der Waals surface area contributed by atoms with E-state index in [1.807, 2.05) is 88.4 Å². The fourth-order valence-corrected chi connectivity index (χ4v) is 5.00. The summed E-state index contributed by atoms with van der Waals surface area (Å²) in [5.74, 6) is -0.230. The molecular formula is C30H35N3O3. The number of anilines is 1. The maximum Gasteiger partial charge on any atom is 0.258 e. The van der Waals surface area contributed by atoms with Crippen LogP contribution in [0.5, 0.6) is 0 Å². The Morgan fingerprint density at radius 2 is 1.72 bits per heavy atom. The van der Waals surface area contributed by atoms with Crippen molar-refractivity contribution in [3.8, 4) is 0 Å². The van der Waals surface area contributed by atoms with Crippen molar-refractivity contribution in [2.24, 2.45) is 0 Å². The van der Waals surface area contributed by atoms with E-state index in [0.717, 1.165) is 27.6 Å². The van der Waals surface area contributed by atoms with Gasteiger partial charge in [0.1, 0.15) is 6.04 Å². The summed E-state index contributed by atoms with van der Waals surface area (Å²) >= 11 is 0. The Labute approximate surface area is 213 Å². The van der Waals surface area contributed by atoms with Crippen LogP contribution in [-0.2, 0) is 16.1 Å². The van der Waals surface area contributed by atoms with Gasteiger partial charge in [-0.05, 0) is 62.3 Å². The molecule has 1 atom stereocenters. The average Bonchev–Trinajstić information content (AvgIpc) is 3.12. The lowest BCUT2D eigenvalue weighted by atomic mass is 10.0. The minimum Gasteiger partial charge on any atom is -0.352 e. The molecule has 3 amide bonds. The van der Waals surface area contributed by atoms with Crippen molar-refractivity contribution in [3.05, 3.63) is 77.4 Å². The number of amides is 3. The Morgan fingerprint density at radius 3 is 2.42 bits per heavy atom. The molecule has 0 saturated carbocycles. The van der Waals surface area contributed by atoms with E-state index in [1.54, 1.807) is 9.80 Å². The molecule has 3 aromatic rings. The number of aryl methyl sites for hydroxylation is 1. The molecule has 0 spiro atoms. The molecule has 1 aliphatic rings. The summed E-state index contributed by atoms with van der Waals surface area (Å²) in [7, 11) is 0. The Morgan fingerprint density at radius 1 is 1.00 bits per heavy atom. The summed E-state index contributed by atoms with van der Waals surface area (Å²) in [5, 5.41) is 5.00. The molecule has 1 aliphatic heterocycles. The summed E-state index contributed by atoms with van der Waals surface area (Å²) < 4.78 is 0. The Balaban J connectivity index is 1.50. The molecule has 0 bridgehead atoms. The van der Waals surface area contributed by atoms with E-state index < -0.39 is 6.04 Å². The highest BCUT2D eigenvalue weighted by molar-refractivity contribution is 6.25. The molecule has 36 heavy (non-hydrogen) atoms. The number of nitrogens with one attached hydrogen (secondary N) is 1. The van der Waals surface area contributed by atoms with Crippen molar-refractivity contribution in [2.45, 2.75) is 65.6 Å². The van der Waals surface area contributed by atoms with Gasteiger partial charge in [-0.1, -0.05) is 55.5 Å². The molecular weight excluding hydrogens is 450 g/mol. The molecule has 0 radical (unpaired) electrons. The van der Waals surface area contributed by atoms with Gasteiger partial charge in [-0.25, -0.2) is 0 Å². The van der Waals surface area contributed by atoms with Gasteiger partial charge in [0.05, 0.1) is 5.69 Å². The summed E-state index contributed by atoms with van der Waals surface area (Å²) in [6.07, 6.45) is 1.30. The van der Waals surface area contributed by atoms with Crippen molar-refractivity contribution in [2.75, 3.05) is 11.4 Å². The van der Waals surface area contributed by atoms with Gasteiger partial charge in [0, 0.05) is 36.5 Å². The molecule has 3 aromatic carbocycles. The van der Waals surface area contributed by atoms with E-state index >= 15 is 0 Å². The van der Waals surface area contributed by atoms with Gasteiger partial charge in [-0.3, -0.25) is 14.4 Å². The van der Waals surface area contributed by atoms with Crippen molar-refractivity contribution in [1.82, 2.24) is 10.2 Å². The topological polar surface area (TPSA) is 69.7 Å². The third-order valence-corrected chi connectivity index (χ3v) is 6.84. The van der Waals surface area contributed by atoms with Gasteiger partial charge in [0.15, 0.2) is 0 Å². The molecule has 4 rings (SSSR count). The highest BCUT2D eigenvalue weighted by Gasteiger charge is 2.31. The second kappa shape index (κ2) is 10.9. The van der Waals surface area contributed by atoms with Crippen LogP contribution in [-0.4, -0.2) is 41.2 Å². The van der Waals surface area contributed by atoms with Crippen molar-refractivity contribution in [3.63, 3.8) is 0 Å². The highest BCUT2D eigenvalue weighted by Crippen LogP contribution is 2.37. The van der Waals surface area contributed by atoms with Gasteiger partial charge in [-0.15, -0.1) is 0 Å².